The molecule has 0 fully saturated rings. The molecule has 2 atom stereocenters. The van der Waals surface area contributed by atoms with Gasteiger partial charge in [-0.05, 0) is 35.3 Å². The van der Waals surface area contributed by atoms with Gasteiger partial charge < -0.3 is 10.4 Å². The first kappa shape index (κ1) is 24.3. The zero-order valence-electron chi connectivity index (χ0n) is 17.7. The second kappa shape index (κ2) is 9.29. The monoisotopic (exact) mass is 373 g/mol. The van der Waals surface area contributed by atoms with E-state index in [9.17, 15) is 14.7 Å². The largest absolute Gasteiger partial charge is 0.480 e. The summed E-state index contributed by atoms with van der Waals surface area (Å²) in [7, 11) is 0. The second-order valence-electron chi connectivity index (χ2n) is 10.4. The topological polar surface area (TPSA) is 66.4 Å². The van der Waals surface area contributed by atoms with Gasteiger partial charge in [0.1, 0.15) is 6.04 Å². The van der Waals surface area contributed by atoms with E-state index in [-0.39, 0.29) is 16.7 Å². The van der Waals surface area contributed by atoms with Crippen molar-refractivity contribution >= 4 is 23.6 Å². The summed E-state index contributed by atoms with van der Waals surface area (Å²) in [6.07, 6.45) is 1.78. The van der Waals surface area contributed by atoms with Gasteiger partial charge in [-0.2, -0.15) is 11.8 Å². The Hall–Kier alpha value is -0.710. The van der Waals surface area contributed by atoms with Crippen molar-refractivity contribution in [1.82, 2.24) is 5.32 Å². The lowest BCUT2D eigenvalue weighted by Gasteiger charge is -2.31. The van der Waals surface area contributed by atoms with Crippen LogP contribution >= 0.6 is 11.8 Å². The molecule has 0 saturated heterocycles. The molecule has 0 rings (SSSR count). The molecule has 0 aromatic heterocycles. The number of carboxylic acids is 1. The third-order valence-electron chi connectivity index (χ3n) is 3.86. The fourth-order valence-electron chi connectivity index (χ4n) is 3.09. The van der Waals surface area contributed by atoms with Gasteiger partial charge in [-0.1, -0.05) is 62.3 Å². The minimum absolute atomic E-state index is 0.138. The highest BCUT2D eigenvalue weighted by atomic mass is 32.2. The maximum Gasteiger partial charge on any atom is 0.327 e. The SMILES string of the molecule is CC(CC(C)(C)C)CC(C)(C)C(=O)N[C@@H](CSCC(C)(C)C)C(=O)O. The lowest BCUT2D eigenvalue weighted by Crippen LogP contribution is -2.48. The minimum atomic E-state index is -0.965. The molecule has 0 spiro atoms. The summed E-state index contributed by atoms with van der Waals surface area (Å²) in [5, 5.41) is 12.2. The van der Waals surface area contributed by atoms with Gasteiger partial charge in [0.15, 0.2) is 0 Å². The van der Waals surface area contributed by atoms with Gasteiger partial charge in [-0.3, -0.25) is 4.79 Å². The maximum atomic E-state index is 12.7. The van der Waals surface area contributed by atoms with Crippen LogP contribution in [0, 0.1) is 22.2 Å². The van der Waals surface area contributed by atoms with E-state index < -0.39 is 17.4 Å². The average Bonchev–Trinajstić information content (AvgIpc) is 2.32. The van der Waals surface area contributed by atoms with Crippen LogP contribution in [0.2, 0.25) is 0 Å². The van der Waals surface area contributed by atoms with Gasteiger partial charge in [0.2, 0.25) is 5.91 Å². The molecule has 25 heavy (non-hydrogen) atoms. The van der Waals surface area contributed by atoms with Crippen LogP contribution in [0.4, 0.5) is 0 Å². The first-order valence-corrected chi connectivity index (χ1v) is 10.3. The molecule has 0 aliphatic carbocycles. The van der Waals surface area contributed by atoms with E-state index in [0.717, 1.165) is 18.6 Å². The van der Waals surface area contributed by atoms with Crippen LogP contribution in [0.15, 0.2) is 0 Å². The van der Waals surface area contributed by atoms with Crippen molar-refractivity contribution in [2.75, 3.05) is 11.5 Å². The molecule has 2 N–H and O–H groups in total. The minimum Gasteiger partial charge on any atom is -0.480 e. The lowest BCUT2D eigenvalue weighted by atomic mass is 9.76. The molecular weight excluding hydrogens is 334 g/mol. The number of hydrogen-bond donors (Lipinski definition) is 2. The normalized spacial score (nSPS) is 15.6. The zero-order valence-corrected chi connectivity index (χ0v) is 18.5. The van der Waals surface area contributed by atoms with Gasteiger partial charge in [0, 0.05) is 11.2 Å². The van der Waals surface area contributed by atoms with E-state index in [2.05, 4.69) is 53.8 Å². The number of amides is 1. The number of rotatable bonds is 9. The number of carbonyl (C=O) groups is 2. The predicted octanol–water partition coefficient (Wildman–Crippen LogP) is 4.82. The molecule has 0 bridgehead atoms. The Labute approximate surface area is 158 Å². The molecule has 1 unspecified atom stereocenters. The van der Waals surface area contributed by atoms with Gasteiger partial charge in [-0.15, -0.1) is 0 Å². The van der Waals surface area contributed by atoms with Crippen LogP contribution in [0.25, 0.3) is 0 Å². The molecule has 148 valence electrons. The van der Waals surface area contributed by atoms with Gasteiger partial charge in [0.25, 0.3) is 0 Å². The quantitative estimate of drug-likeness (QED) is 0.608. The summed E-state index contributed by atoms with van der Waals surface area (Å²) in [4.78, 5) is 24.2. The van der Waals surface area contributed by atoms with Crippen molar-refractivity contribution in [1.29, 1.82) is 0 Å². The molecule has 0 radical (unpaired) electrons. The number of carboxylic acid groups (broad SMARTS) is 1. The molecule has 1 amide bonds. The molecule has 5 heteroatoms. The van der Waals surface area contributed by atoms with E-state index in [1.165, 1.54) is 0 Å². The van der Waals surface area contributed by atoms with E-state index in [1.807, 2.05) is 13.8 Å². The van der Waals surface area contributed by atoms with Crippen molar-refractivity contribution in [3.8, 4) is 0 Å². The molecule has 0 heterocycles. The maximum absolute atomic E-state index is 12.7. The fraction of sp³-hybridized carbons (Fsp3) is 0.900. The molecule has 0 aromatic rings. The van der Waals surface area contributed by atoms with E-state index >= 15 is 0 Å². The summed E-state index contributed by atoms with van der Waals surface area (Å²) in [5.74, 6) is 0.523. The summed E-state index contributed by atoms with van der Waals surface area (Å²) >= 11 is 1.58. The molecule has 4 nitrogen and oxygen atoms in total. The molecule has 0 saturated carbocycles. The van der Waals surface area contributed by atoms with Crippen LogP contribution in [-0.4, -0.2) is 34.5 Å². The Kier molecular flexibility index (Phi) is 9.03. The van der Waals surface area contributed by atoms with Gasteiger partial charge >= 0.3 is 5.97 Å². The van der Waals surface area contributed by atoms with E-state index in [1.54, 1.807) is 11.8 Å². The Balaban J connectivity index is 4.73. The zero-order chi connectivity index (χ0) is 20.1. The number of nitrogens with one attached hydrogen (secondary N) is 1. The number of aliphatic carboxylic acids is 1. The van der Waals surface area contributed by atoms with Crippen molar-refractivity contribution in [3.05, 3.63) is 0 Å². The third-order valence-corrected chi connectivity index (χ3v) is 5.50. The van der Waals surface area contributed by atoms with Crippen LogP contribution in [0.3, 0.4) is 0 Å². The molecular formula is C20H39NO3S. The first-order chi connectivity index (χ1) is 11.0. The third kappa shape index (κ3) is 11.5. The van der Waals surface area contributed by atoms with Gasteiger partial charge in [0.05, 0.1) is 0 Å². The van der Waals surface area contributed by atoms with Crippen LogP contribution < -0.4 is 5.32 Å². The summed E-state index contributed by atoms with van der Waals surface area (Å²) in [5.41, 5.74) is -0.217. The lowest BCUT2D eigenvalue weighted by molar-refractivity contribution is -0.143. The fourth-order valence-corrected chi connectivity index (χ4v) is 4.28. The number of carbonyl (C=O) groups excluding carboxylic acids is 1. The van der Waals surface area contributed by atoms with Crippen molar-refractivity contribution in [2.24, 2.45) is 22.2 Å². The van der Waals surface area contributed by atoms with Crippen LogP contribution in [0.5, 0.6) is 0 Å². The Bertz CT molecular complexity index is 447. The Morgan fingerprint density at radius 1 is 0.960 bits per heavy atom. The highest BCUT2D eigenvalue weighted by Crippen LogP contribution is 2.33. The summed E-state index contributed by atoms with van der Waals surface area (Å²) in [6, 6.07) is -0.836. The van der Waals surface area contributed by atoms with Crippen molar-refractivity contribution in [2.45, 2.75) is 81.2 Å². The van der Waals surface area contributed by atoms with Crippen molar-refractivity contribution < 1.29 is 14.7 Å². The van der Waals surface area contributed by atoms with E-state index in [4.69, 9.17) is 0 Å². The highest BCUT2D eigenvalue weighted by Gasteiger charge is 2.33. The van der Waals surface area contributed by atoms with E-state index in [0.29, 0.717) is 11.7 Å². The van der Waals surface area contributed by atoms with Gasteiger partial charge in [-0.25, -0.2) is 4.79 Å². The Morgan fingerprint density at radius 2 is 1.48 bits per heavy atom. The Morgan fingerprint density at radius 3 is 1.88 bits per heavy atom. The number of thioether (sulfide) groups is 1. The first-order valence-electron chi connectivity index (χ1n) is 9.15. The predicted molar refractivity (Wildman–Crippen MR) is 108 cm³/mol. The summed E-state index contributed by atoms with van der Waals surface area (Å²) < 4.78 is 0. The molecule has 0 aromatic carbocycles. The van der Waals surface area contributed by atoms with Crippen LogP contribution in [-0.2, 0) is 9.59 Å². The van der Waals surface area contributed by atoms with Crippen LogP contribution in [0.1, 0.15) is 75.2 Å². The second-order valence-corrected chi connectivity index (χ2v) is 11.4. The molecule has 0 aliphatic rings. The highest BCUT2D eigenvalue weighted by molar-refractivity contribution is 7.99. The smallest absolute Gasteiger partial charge is 0.327 e. The van der Waals surface area contributed by atoms with Crippen molar-refractivity contribution in [3.63, 3.8) is 0 Å². The number of hydrogen-bond acceptors (Lipinski definition) is 3. The standard InChI is InChI=1S/C20H39NO3S/c1-14(10-18(2,3)4)11-20(8,9)17(24)21-15(16(22)23)12-25-13-19(5,6)7/h14-15H,10-13H2,1-9H3,(H,21,24)(H,22,23)/t14?,15-/m0/s1. The average molecular weight is 374 g/mol. The molecule has 0 aliphatic heterocycles. The summed E-state index contributed by atoms with van der Waals surface area (Å²) in [6.45, 7) is 18.9.